The third-order valence-corrected chi connectivity index (χ3v) is 8.49. The van der Waals surface area contributed by atoms with Crippen molar-refractivity contribution in [3.8, 4) is 0 Å². The molecule has 210 valence electrons. The molecule has 3 aromatic rings. The van der Waals surface area contributed by atoms with Gasteiger partial charge in [0.15, 0.2) is 21.8 Å². The minimum atomic E-state index is -0.146. The fourth-order valence-electron chi connectivity index (χ4n) is 4.64. The molecule has 40 heavy (non-hydrogen) atoms. The number of ketones is 2. The van der Waals surface area contributed by atoms with Gasteiger partial charge in [-0.1, -0.05) is 97.0 Å². The monoisotopic (exact) mass is 574 g/mol. The van der Waals surface area contributed by atoms with Gasteiger partial charge >= 0.3 is 0 Å². The average molecular weight is 575 g/mol. The highest BCUT2D eigenvalue weighted by Gasteiger charge is 2.22. The van der Waals surface area contributed by atoms with E-state index in [-0.39, 0.29) is 21.8 Å². The summed E-state index contributed by atoms with van der Waals surface area (Å²) in [6, 6.07) is 22.2. The van der Waals surface area contributed by atoms with Crippen molar-refractivity contribution in [2.75, 3.05) is 11.5 Å². The third kappa shape index (κ3) is 10.2. The van der Waals surface area contributed by atoms with Crippen LogP contribution in [0.5, 0.6) is 0 Å². The first-order valence-electron chi connectivity index (χ1n) is 14.0. The maximum atomic E-state index is 13.7. The molecule has 0 saturated carbocycles. The summed E-state index contributed by atoms with van der Waals surface area (Å²) in [5.41, 5.74) is 4.25. The Morgan fingerprint density at radius 3 is 1.25 bits per heavy atom. The molecule has 6 heteroatoms. The third-order valence-electron chi connectivity index (χ3n) is 6.69. The predicted octanol–water partition coefficient (Wildman–Crippen LogP) is 8.13. The summed E-state index contributed by atoms with van der Waals surface area (Å²) in [5.74, 6) is 1.35. The highest BCUT2D eigenvalue weighted by atomic mass is 32.2. The Morgan fingerprint density at radius 2 is 0.900 bits per heavy atom. The van der Waals surface area contributed by atoms with Crippen molar-refractivity contribution in [3.05, 3.63) is 106 Å². The quantitative estimate of drug-likeness (QED) is 0.127. The van der Waals surface area contributed by atoms with Gasteiger partial charge in [-0.05, 0) is 61.8 Å². The number of benzene rings is 3. The van der Waals surface area contributed by atoms with E-state index in [1.54, 1.807) is 38.1 Å². The maximum Gasteiger partial charge on any atom is 0.193 e. The van der Waals surface area contributed by atoms with Gasteiger partial charge in [0.1, 0.15) is 0 Å². The molecular formula is C34H38O4S2. The van der Waals surface area contributed by atoms with Crippen LogP contribution in [0.25, 0.3) is 0 Å². The van der Waals surface area contributed by atoms with Crippen LogP contribution in [-0.4, -0.2) is 33.3 Å². The van der Waals surface area contributed by atoms with Gasteiger partial charge in [-0.15, -0.1) is 0 Å². The van der Waals surface area contributed by atoms with E-state index >= 15 is 0 Å². The van der Waals surface area contributed by atoms with Gasteiger partial charge in [0, 0.05) is 47.6 Å². The van der Waals surface area contributed by atoms with E-state index in [9.17, 15) is 19.2 Å². The van der Waals surface area contributed by atoms with Crippen LogP contribution in [0.3, 0.4) is 0 Å². The van der Waals surface area contributed by atoms with E-state index in [0.29, 0.717) is 22.3 Å². The molecule has 0 bridgehead atoms. The fraction of sp³-hybridized carbons (Fsp3) is 0.353. The van der Waals surface area contributed by atoms with E-state index in [1.165, 1.54) is 23.5 Å². The first-order chi connectivity index (χ1) is 19.4. The van der Waals surface area contributed by atoms with Crippen molar-refractivity contribution in [1.82, 2.24) is 0 Å². The molecule has 0 unspecified atom stereocenters. The largest absolute Gasteiger partial charge is 0.289 e. The van der Waals surface area contributed by atoms with Gasteiger partial charge in [-0.3, -0.25) is 19.2 Å². The van der Waals surface area contributed by atoms with Crippen LogP contribution in [0.1, 0.15) is 95.3 Å². The lowest BCUT2D eigenvalue weighted by molar-refractivity contribution is -0.109. The summed E-state index contributed by atoms with van der Waals surface area (Å²) in [5, 5.41) is 0.290. The molecule has 3 aromatic carbocycles. The molecule has 3 rings (SSSR count). The first-order valence-corrected chi connectivity index (χ1v) is 16.0. The number of hydrogen-bond acceptors (Lipinski definition) is 6. The molecule has 0 N–H and O–H groups in total. The zero-order chi connectivity index (χ0) is 28.7. The Kier molecular flexibility index (Phi) is 13.4. The lowest BCUT2D eigenvalue weighted by atomic mass is 9.86. The molecule has 0 radical (unpaired) electrons. The van der Waals surface area contributed by atoms with Gasteiger partial charge in [0.2, 0.25) is 0 Å². The number of carbonyl (C=O) groups is 4. The van der Waals surface area contributed by atoms with Crippen LogP contribution >= 0.6 is 23.5 Å². The maximum absolute atomic E-state index is 13.7. The Hall–Kier alpha value is -2.96. The van der Waals surface area contributed by atoms with Crippen molar-refractivity contribution in [3.63, 3.8) is 0 Å². The summed E-state index contributed by atoms with van der Waals surface area (Å²) < 4.78 is 0. The Labute approximate surface area is 246 Å². The molecule has 0 atom stereocenters. The Bertz CT molecular complexity index is 1190. The smallest absolute Gasteiger partial charge is 0.193 e. The van der Waals surface area contributed by atoms with Gasteiger partial charge in [-0.25, -0.2) is 0 Å². The van der Waals surface area contributed by atoms with Crippen LogP contribution in [0.15, 0.2) is 72.8 Å². The highest BCUT2D eigenvalue weighted by Crippen LogP contribution is 2.26. The molecule has 0 aliphatic carbocycles. The fourth-order valence-corrected chi connectivity index (χ4v) is 5.91. The molecular weight excluding hydrogens is 537 g/mol. The summed E-state index contributed by atoms with van der Waals surface area (Å²) in [6.07, 6.45) is 7.45. The predicted molar refractivity (Wildman–Crippen MR) is 168 cm³/mol. The van der Waals surface area contributed by atoms with Gasteiger partial charge < -0.3 is 0 Å². The molecule has 0 saturated heterocycles. The van der Waals surface area contributed by atoms with Crippen molar-refractivity contribution < 1.29 is 19.2 Å². The van der Waals surface area contributed by atoms with Crippen molar-refractivity contribution in [1.29, 1.82) is 0 Å². The van der Waals surface area contributed by atoms with E-state index in [4.69, 9.17) is 0 Å². The summed E-state index contributed by atoms with van der Waals surface area (Å²) in [7, 11) is 0. The Balaban J connectivity index is 1.91. The van der Waals surface area contributed by atoms with Gasteiger partial charge in [0.25, 0.3) is 0 Å². The number of hydrogen-bond donors (Lipinski definition) is 0. The van der Waals surface area contributed by atoms with E-state index in [0.717, 1.165) is 74.0 Å². The van der Waals surface area contributed by atoms with Crippen molar-refractivity contribution >= 4 is 45.3 Å². The van der Waals surface area contributed by atoms with E-state index in [1.807, 2.05) is 48.5 Å². The lowest BCUT2D eigenvalue weighted by Gasteiger charge is -2.16. The van der Waals surface area contributed by atoms with E-state index in [2.05, 4.69) is 0 Å². The zero-order valence-electron chi connectivity index (χ0n) is 23.4. The summed E-state index contributed by atoms with van der Waals surface area (Å²) in [4.78, 5) is 49.9. The molecule has 0 amide bonds. The zero-order valence-corrected chi connectivity index (χ0v) is 25.1. The average Bonchev–Trinajstić information content (AvgIpc) is 2.96. The van der Waals surface area contributed by atoms with Crippen LogP contribution in [0.2, 0.25) is 0 Å². The second-order valence-corrected chi connectivity index (χ2v) is 12.4. The molecule has 0 fully saturated rings. The molecule has 0 spiro atoms. The molecule has 0 aliphatic rings. The molecule has 0 heterocycles. The Morgan fingerprint density at radius 1 is 0.525 bits per heavy atom. The number of rotatable bonds is 16. The minimum Gasteiger partial charge on any atom is -0.289 e. The SMILES string of the molecule is CC(=O)SCCCCCc1cc(C(=O)c2ccccc2)c(C(=O)c2ccccc2)cc1CCCCCSC(C)=O. The van der Waals surface area contributed by atoms with Crippen LogP contribution in [0.4, 0.5) is 0 Å². The first kappa shape index (κ1) is 31.6. The second-order valence-electron chi connectivity index (χ2n) is 9.86. The number of aryl methyl sites for hydroxylation is 2. The lowest BCUT2D eigenvalue weighted by Crippen LogP contribution is -2.14. The van der Waals surface area contributed by atoms with Crippen molar-refractivity contribution in [2.24, 2.45) is 0 Å². The second kappa shape index (κ2) is 17.0. The van der Waals surface area contributed by atoms with Crippen LogP contribution < -0.4 is 0 Å². The topological polar surface area (TPSA) is 68.3 Å². The van der Waals surface area contributed by atoms with Gasteiger partial charge in [0.05, 0.1) is 0 Å². The molecule has 0 aliphatic heterocycles. The normalized spacial score (nSPS) is 10.8. The number of unbranched alkanes of at least 4 members (excludes halogenated alkanes) is 4. The molecule has 4 nitrogen and oxygen atoms in total. The molecule has 0 aromatic heterocycles. The van der Waals surface area contributed by atoms with Crippen LogP contribution in [0, 0.1) is 0 Å². The van der Waals surface area contributed by atoms with Crippen LogP contribution in [-0.2, 0) is 22.4 Å². The standard InChI is InChI=1S/C34H38O4S2/c1-25(35)39-21-13-5-11-19-29-23-31(33(37)27-15-7-3-8-16-27)32(34(38)28-17-9-4-10-18-28)24-30(29)20-12-6-14-22-40-26(2)36/h3-4,7-10,15-18,23-24H,5-6,11-14,19-22H2,1-2H3. The minimum absolute atomic E-state index is 0.145. The van der Waals surface area contributed by atoms with E-state index < -0.39 is 0 Å². The summed E-state index contributed by atoms with van der Waals surface area (Å²) >= 11 is 2.73. The number of thioether (sulfide) groups is 2. The number of carbonyl (C=O) groups excluding carboxylic acids is 4. The van der Waals surface area contributed by atoms with Crippen molar-refractivity contribution in [2.45, 2.75) is 65.2 Å². The highest BCUT2D eigenvalue weighted by molar-refractivity contribution is 8.13. The van der Waals surface area contributed by atoms with Gasteiger partial charge in [-0.2, -0.15) is 0 Å². The summed E-state index contributed by atoms with van der Waals surface area (Å²) in [6.45, 7) is 3.19.